The predicted octanol–water partition coefficient (Wildman–Crippen LogP) is 0.740. The summed E-state index contributed by atoms with van der Waals surface area (Å²) in [6.45, 7) is 3.35. The first-order valence-corrected chi connectivity index (χ1v) is 6.63. The Morgan fingerprint density at radius 1 is 1.42 bits per heavy atom. The van der Waals surface area contributed by atoms with Gasteiger partial charge in [0.1, 0.15) is 0 Å². The van der Waals surface area contributed by atoms with Gasteiger partial charge in [0.2, 0.25) is 0 Å². The van der Waals surface area contributed by atoms with E-state index >= 15 is 0 Å². The van der Waals surface area contributed by atoms with Crippen LogP contribution in [0.1, 0.15) is 19.8 Å². The molecule has 4 atom stereocenters. The molecule has 106 valence electrons. The van der Waals surface area contributed by atoms with Crippen molar-refractivity contribution < 1.29 is 19.4 Å². The van der Waals surface area contributed by atoms with Gasteiger partial charge in [-0.1, -0.05) is 12.2 Å². The topological polar surface area (TPSA) is 87.7 Å². The number of carbonyl (C=O) groups excluding carboxylic acids is 1. The van der Waals surface area contributed by atoms with Gasteiger partial charge in [-0.25, -0.2) is 4.79 Å². The monoisotopic (exact) mass is 268 g/mol. The van der Waals surface area contributed by atoms with Crippen molar-refractivity contribution in [2.24, 2.45) is 11.8 Å². The van der Waals surface area contributed by atoms with Gasteiger partial charge in [-0.3, -0.25) is 4.79 Å². The lowest BCUT2D eigenvalue weighted by Crippen LogP contribution is -2.43. The summed E-state index contributed by atoms with van der Waals surface area (Å²) in [5, 5.41) is 14.4. The SMILES string of the molecule is CC1OCCC1CNC(=O)NC1C=CC(C(=O)O)C1. The number of aliphatic carboxylic acids is 1. The van der Waals surface area contributed by atoms with E-state index < -0.39 is 11.9 Å². The third kappa shape index (κ3) is 3.70. The molecule has 0 radical (unpaired) electrons. The molecular weight excluding hydrogens is 248 g/mol. The maximum atomic E-state index is 11.7. The van der Waals surface area contributed by atoms with Crippen molar-refractivity contribution in [1.29, 1.82) is 0 Å². The average molecular weight is 268 g/mol. The van der Waals surface area contributed by atoms with E-state index in [1.807, 2.05) is 6.92 Å². The highest BCUT2D eigenvalue weighted by molar-refractivity contribution is 5.76. The molecule has 4 unspecified atom stereocenters. The fraction of sp³-hybridized carbons (Fsp3) is 0.692. The van der Waals surface area contributed by atoms with Crippen molar-refractivity contribution in [3.05, 3.63) is 12.2 Å². The number of carbonyl (C=O) groups is 2. The number of urea groups is 1. The predicted molar refractivity (Wildman–Crippen MR) is 68.7 cm³/mol. The number of hydrogen-bond donors (Lipinski definition) is 3. The first-order valence-electron chi connectivity index (χ1n) is 6.63. The maximum Gasteiger partial charge on any atom is 0.315 e. The molecule has 1 heterocycles. The molecule has 1 aliphatic heterocycles. The fourth-order valence-corrected chi connectivity index (χ4v) is 2.48. The molecule has 0 aromatic carbocycles. The van der Waals surface area contributed by atoms with Gasteiger partial charge in [0, 0.05) is 19.1 Å². The van der Waals surface area contributed by atoms with Gasteiger partial charge in [0.15, 0.2) is 0 Å². The highest BCUT2D eigenvalue weighted by Crippen LogP contribution is 2.19. The number of amides is 2. The molecule has 2 rings (SSSR count). The lowest BCUT2D eigenvalue weighted by Gasteiger charge is -2.17. The van der Waals surface area contributed by atoms with E-state index in [-0.39, 0.29) is 18.2 Å². The largest absolute Gasteiger partial charge is 0.481 e. The smallest absolute Gasteiger partial charge is 0.315 e. The molecule has 6 heteroatoms. The van der Waals surface area contributed by atoms with Crippen LogP contribution in [0.5, 0.6) is 0 Å². The van der Waals surface area contributed by atoms with Crippen molar-refractivity contribution >= 4 is 12.0 Å². The minimum atomic E-state index is -0.849. The highest BCUT2D eigenvalue weighted by atomic mass is 16.5. The summed E-state index contributed by atoms with van der Waals surface area (Å²) in [5.74, 6) is -0.983. The zero-order valence-electron chi connectivity index (χ0n) is 11.0. The third-order valence-corrected chi connectivity index (χ3v) is 3.78. The summed E-state index contributed by atoms with van der Waals surface area (Å²) in [5.41, 5.74) is 0. The Morgan fingerprint density at radius 3 is 2.79 bits per heavy atom. The minimum Gasteiger partial charge on any atom is -0.481 e. The van der Waals surface area contributed by atoms with Gasteiger partial charge >= 0.3 is 12.0 Å². The third-order valence-electron chi connectivity index (χ3n) is 3.78. The quantitative estimate of drug-likeness (QED) is 0.656. The molecule has 1 saturated heterocycles. The molecular formula is C13H20N2O4. The number of carboxylic acid groups (broad SMARTS) is 1. The Kier molecular flexibility index (Phi) is 4.42. The number of ether oxygens (including phenoxy) is 1. The molecule has 0 aromatic heterocycles. The molecule has 0 spiro atoms. The van der Waals surface area contributed by atoms with Crippen LogP contribution in [0.4, 0.5) is 4.79 Å². The summed E-state index contributed by atoms with van der Waals surface area (Å²) in [7, 11) is 0. The van der Waals surface area contributed by atoms with E-state index in [9.17, 15) is 9.59 Å². The van der Waals surface area contributed by atoms with E-state index in [4.69, 9.17) is 9.84 Å². The lowest BCUT2D eigenvalue weighted by atomic mass is 10.0. The van der Waals surface area contributed by atoms with Gasteiger partial charge in [-0.15, -0.1) is 0 Å². The number of hydrogen-bond acceptors (Lipinski definition) is 3. The Bertz CT molecular complexity index is 383. The summed E-state index contributed by atoms with van der Waals surface area (Å²) in [6.07, 6.45) is 4.93. The maximum absolute atomic E-state index is 11.7. The van der Waals surface area contributed by atoms with Crippen LogP contribution in [-0.2, 0) is 9.53 Å². The Morgan fingerprint density at radius 2 is 2.21 bits per heavy atom. The zero-order valence-corrected chi connectivity index (χ0v) is 11.0. The van der Waals surface area contributed by atoms with Crippen LogP contribution in [0.15, 0.2) is 12.2 Å². The first-order chi connectivity index (χ1) is 9.06. The molecule has 19 heavy (non-hydrogen) atoms. The van der Waals surface area contributed by atoms with Crippen LogP contribution in [0.2, 0.25) is 0 Å². The fourth-order valence-electron chi connectivity index (χ4n) is 2.48. The molecule has 0 bridgehead atoms. The molecule has 6 nitrogen and oxygen atoms in total. The lowest BCUT2D eigenvalue weighted by molar-refractivity contribution is -0.140. The van der Waals surface area contributed by atoms with Gasteiger partial charge in [0.05, 0.1) is 18.1 Å². The van der Waals surface area contributed by atoms with E-state index in [2.05, 4.69) is 10.6 Å². The number of rotatable bonds is 4. The van der Waals surface area contributed by atoms with Crippen molar-refractivity contribution in [3.8, 4) is 0 Å². The number of nitrogens with one attached hydrogen (secondary N) is 2. The Labute approximate surface area is 112 Å². The first kappa shape index (κ1) is 13.9. The summed E-state index contributed by atoms with van der Waals surface area (Å²) >= 11 is 0. The van der Waals surface area contributed by atoms with Crippen LogP contribution in [0, 0.1) is 11.8 Å². The molecule has 1 aliphatic carbocycles. The van der Waals surface area contributed by atoms with Crippen molar-refractivity contribution in [2.75, 3.05) is 13.2 Å². The highest BCUT2D eigenvalue weighted by Gasteiger charge is 2.27. The van der Waals surface area contributed by atoms with Crippen LogP contribution >= 0.6 is 0 Å². The summed E-state index contributed by atoms with van der Waals surface area (Å²) in [4.78, 5) is 22.5. The van der Waals surface area contributed by atoms with Crippen molar-refractivity contribution in [1.82, 2.24) is 10.6 Å². The second-order valence-corrected chi connectivity index (χ2v) is 5.15. The average Bonchev–Trinajstić information content (AvgIpc) is 2.96. The molecule has 0 aromatic rings. The molecule has 2 amide bonds. The standard InChI is InChI=1S/C13H20N2O4/c1-8-10(4-5-19-8)7-14-13(18)15-11-3-2-9(6-11)12(16)17/h2-3,8-11H,4-7H2,1H3,(H,16,17)(H2,14,15,18). The van der Waals surface area contributed by atoms with E-state index in [1.165, 1.54) is 0 Å². The summed E-state index contributed by atoms with van der Waals surface area (Å²) < 4.78 is 5.42. The van der Waals surface area contributed by atoms with Gasteiger partial charge in [0.25, 0.3) is 0 Å². The van der Waals surface area contributed by atoms with Gasteiger partial charge in [-0.05, 0) is 19.8 Å². The summed E-state index contributed by atoms with van der Waals surface area (Å²) in [6, 6.07) is -0.446. The number of carboxylic acids is 1. The zero-order chi connectivity index (χ0) is 13.8. The normalized spacial score (nSPS) is 33.3. The van der Waals surface area contributed by atoms with Crippen LogP contribution in [-0.4, -0.2) is 42.4 Å². The van der Waals surface area contributed by atoms with Crippen molar-refractivity contribution in [2.45, 2.75) is 31.9 Å². The molecule has 0 saturated carbocycles. The second-order valence-electron chi connectivity index (χ2n) is 5.15. The van der Waals surface area contributed by atoms with Crippen LogP contribution in [0.3, 0.4) is 0 Å². The molecule has 3 N–H and O–H groups in total. The Hall–Kier alpha value is -1.56. The van der Waals surface area contributed by atoms with E-state index in [0.717, 1.165) is 13.0 Å². The van der Waals surface area contributed by atoms with Crippen LogP contribution < -0.4 is 10.6 Å². The second kappa shape index (κ2) is 6.06. The minimum absolute atomic E-state index is 0.183. The Balaban J connectivity index is 1.68. The van der Waals surface area contributed by atoms with Gasteiger partial charge in [-0.2, -0.15) is 0 Å². The van der Waals surface area contributed by atoms with E-state index in [1.54, 1.807) is 12.2 Å². The van der Waals surface area contributed by atoms with Gasteiger partial charge < -0.3 is 20.5 Å². The molecule has 1 fully saturated rings. The van der Waals surface area contributed by atoms with Crippen LogP contribution in [0.25, 0.3) is 0 Å². The molecule has 2 aliphatic rings. The van der Waals surface area contributed by atoms with Crippen molar-refractivity contribution in [3.63, 3.8) is 0 Å². The van der Waals surface area contributed by atoms with E-state index in [0.29, 0.717) is 18.9 Å².